The van der Waals surface area contributed by atoms with Crippen molar-refractivity contribution in [2.75, 3.05) is 62.3 Å². The van der Waals surface area contributed by atoms with Crippen LogP contribution in [0.4, 0.5) is 11.8 Å². The smallest absolute Gasteiger partial charge is 0.243 e. The zero-order valence-electron chi connectivity index (χ0n) is 16.9. The summed E-state index contributed by atoms with van der Waals surface area (Å²) in [7, 11) is -3.59. The Morgan fingerprint density at radius 1 is 0.967 bits per heavy atom. The molecule has 2 saturated heterocycles. The van der Waals surface area contributed by atoms with Crippen LogP contribution >= 0.6 is 0 Å². The van der Waals surface area contributed by atoms with E-state index in [1.165, 1.54) is 28.6 Å². The monoisotopic (exact) mass is 428 g/mol. The maximum Gasteiger partial charge on any atom is 0.243 e. The first-order chi connectivity index (χ1) is 14.5. The van der Waals surface area contributed by atoms with Crippen LogP contribution in [0.25, 0.3) is 0 Å². The number of ether oxygens (including phenoxy) is 1. The third-order valence-corrected chi connectivity index (χ3v) is 7.22. The van der Waals surface area contributed by atoms with Gasteiger partial charge in [-0.05, 0) is 31.2 Å². The minimum Gasteiger partial charge on any atom is -0.378 e. The van der Waals surface area contributed by atoms with E-state index >= 15 is 0 Å². The zero-order valence-corrected chi connectivity index (χ0v) is 17.7. The first-order valence-corrected chi connectivity index (χ1v) is 11.3. The lowest BCUT2D eigenvalue weighted by molar-refractivity contribution is 0.122. The molecule has 1 aromatic carbocycles. The lowest BCUT2D eigenvalue weighted by atomic mass is 10.2. The molecule has 0 N–H and O–H groups in total. The van der Waals surface area contributed by atoms with Crippen molar-refractivity contribution in [1.82, 2.24) is 14.3 Å². The molecule has 0 saturated carbocycles. The van der Waals surface area contributed by atoms with E-state index in [0.29, 0.717) is 50.9 Å². The number of hydrogen-bond donors (Lipinski definition) is 0. The van der Waals surface area contributed by atoms with Crippen molar-refractivity contribution in [2.45, 2.75) is 11.8 Å². The number of morpholine rings is 1. The molecule has 30 heavy (non-hydrogen) atoms. The van der Waals surface area contributed by atoms with E-state index in [1.807, 2.05) is 24.0 Å². The molecule has 0 amide bonds. The Hall–Kier alpha value is -2.74. The number of nitrogens with zero attached hydrogens (tertiary/aromatic N) is 6. The van der Waals surface area contributed by atoms with Gasteiger partial charge >= 0.3 is 0 Å². The number of hydrogen-bond acceptors (Lipinski definition) is 8. The van der Waals surface area contributed by atoms with Crippen LogP contribution < -0.4 is 9.80 Å². The van der Waals surface area contributed by atoms with Crippen LogP contribution in [-0.4, -0.2) is 75.2 Å². The van der Waals surface area contributed by atoms with Crippen molar-refractivity contribution >= 4 is 21.8 Å². The lowest BCUT2D eigenvalue weighted by Gasteiger charge is -2.35. The number of sulfonamides is 1. The summed E-state index contributed by atoms with van der Waals surface area (Å²) in [5, 5.41) is 8.90. The minimum absolute atomic E-state index is 0.205. The van der Waals surface area contributed by atoms with Crippen molar-refractivity contribution in [3.63, 3.8) is 0 Å². The third-order valence-electron chi connectivity index (χ3n) is 5.31. The normalized spacial score (nSPS) is 18.3. The second-order valence-electron chi connectivity index (χ2n) is 7.29. The predicted octanol–water partition coefficient (Wildman–Crippen LogP) is 1.00. The summed E-state index contributed by atoms with van der Waals surface area (Å²) in [5.41, 5.74) is 1.32. The molecule has 9 nitrogen and oxygen atoms in total. The van der Waals surface area contributed by atoms with Crippen molar-refractivity contribution in [1.29, 1.82) is 5.26 Å². The maximum absolute atomic E-state index is 12.9. The molecule has 0 unspecified atom stereocenters. The Labute approximate surface area is 176 Å². The van der Waals surface area contributed by atoms with Gasteiger partial charge in [-0.3, -0.25) is 0 Å². The van der Waals surface area contributed by atoms with Crippen LogP contribution in [0.15, 0.2) is 35.2 Å². The lowest BCUT2D eigenvalue weighted by Crippen LogP contribution is -2.49. The van der Waals surface area contributed by atoms with Crippen LogP contribution in [0, 0.1) is 18.3 Å². The molecule has 0 atom stereocenters. The molecule has 0 spiro atoms. The van der Waals surface area contributed by atoms with Crippen molar-refractivity contribution in [3.8, 4) is 6.07 Å². The average molecular weight is 429 g/mol. The highest BCUT2D eigenvalue weighted by Crippen LogP contribution is 2.22. The van der Waals surface area contributed by atoms with Crippen LogP contribution in [0.3, 0.4) is 0 Å². The van der Waals surface area contributed by atoms with Gasteiger partial charge in [-0.25, -0.2) is 13.4 Å². The van der Waals surface area contributed by atoms with E-state index in [2.05, 4.69) is 9.88 Å². The number of nitriles is 1. The topological polar surface area (TPSA) is 103 Å². The fraction of sp³-hybridized carbons (Fsp3) is 0.450. The summed E-state index contributed by atoms with van der Waals surface area (Å²) in [6.45, 7) is 6.65. The highest BCUT2D eigenvalue weighted by molar-refractivity contribution is 7.89. The molecule has 2 aliphatic heterocycles. The minimum atomic E-state index is -3.59. The molecule has 10 heteroatoms. The second-order valence-corrected chi connectivity index (χ2v) is 9.23. The Morgan fingerprint density at radius 3 is 2.27 bits per heavy atom. The van der Waals surface area contributed by atoms with Gasteiger partial charge in [-0.15, -0.1) is 0 Å². The Balaban J connectivity index is 1.46. The highest BCUT2D eigenvalue weighted by atomic mass is 32.2. The average Bonchev–Trinajstić information content (AvgIpc) is 2.79. The molecule has 0 aliphatic carbocycles. The molecule has 0 bridgehead atoms. The van der Waals surface area contributed by atoms with Crippen molar-refractivity contribution in [3.05, 3.63) is 41.6 Å². The molecule has 4 rings (SSSR count). The SMILES string of the molecule is Cc1cc(N2CCOCC2)nc(N2CCN(S(=O)(=O)c3ccc(C#N)cc3)CC2)n1. The summed E-state index contributed by atoms with van der Waals surface area (Å²) in [5.74, 6) is 1.51. The molecule has 0 radical (unpaired) electrons. The van der Waals surface area contributed by atoms with Gasteiger partial charge in [0.15, 0.2) is 0 Å². The second kappa shape index (κ2) is 8.55. The van der Waals surface area contributed by atoms with Crippen molar-refractivity contribution in [2.24, 2.45) is 0 Å². The van der Waals surface area contributed by atoms with Gasteiger partial charge in [0.25, 0.3) is 0 Å². The first kappa shape index (κ1) is 20.5. The largest absolute Gasteiger partial charge is 0.378 e. The maximum atomic E-state index is 12.9. The van der Waals surface area contributed by atoms with Gasteiger partial charge in [0.2, 0.25) is 16.0 Å². The van der Waals surface area contributed by atoms with Crippen LogP contribution in [0.1, 0.15) is 11.3 Å². The van der Waals surface area contributed by atoms with E-state index in [9.17, 15) is 8.42 Å². The van der Waals surface area contributed by atoms with E-state index in [1.54, 1.807) is 0 Å². The summed E-state index contributed by atoms with van der Waals surface area (Å²) >= 11 is 0. The zero-order chi connectivity index (χ0) is 21.1. The number of aryl methyl sites for hydroxylation is 1. The van der Waals surface area contributed by atoms with Gasteiger partial charge in [-0.1, -0.05) is 0 Å². The molecular weight excluding hydrogens is 404 g/mol. The van der Waals surface area contributed by atoms with E-state index < -0.39 is 10.0 Å². The summed E-state index contributed by atoms with van der Waals surface area (Å²) in [4.78, 5) is 13.7. The molecule has 158 valence electrons. The fourth-order valence-corrected chi connectivity index (χ4v) is 5.03. The molecule has 1 aromatic heterocycles. The van der Waals surface area contributed by atoms with Gasteiger partial charge in [0.1, 0.15) is 5.82 Å². The first-order valence-electron chi connectivity index (χ1n) is 9.91. The fourth-order valence-electron chi connectivity index (χ4n) is 3.61. The van der Waals surface area contributed by atoms with Gasteiger partial charge in [0.05, 0.1) is 29.7 Å². The Kier molecular flexibility index (Phi) is 5.85. The standard InChI is InChI=1S/C20H24N6O3S/c1-16-14-19(24-10-12-29-13-11-24)23-20(22-16)25-6-8-26(9-7-25)30(27,28)18-4-2-17(15-21)3-5-18/h2-5,14H,6-13H2,1H3. The number of piperazine rings is 1. The highest BCUT2D eigenvalue weighted by Gasteiger charge is 2.29. The predicted molar refractivity (Wildman–Crippen MR) is 112 cm³/mol. The summed E-state index contributed by atoms with van der Waals surface area (Å²) < 4.78 is 32.7. The Morgan fingerprint density at radius 2 is 1.63 bits per heavy atom. The third kappa shape index (κ3) is 4.23. The number of rotatable bonds is 4. The quantitative estimate of drug-likeness (QED) is 0.711. The van der Waals surface area contributed by atoms with Crippen LogP contribution in [-0.2, 0) is 14.8 Å². The number of aromatic nitrogens is 2. The number of benzene rings is 1. The molecule has 3 heterocycles. The van der Waals surface area contributed by atoms with Gasteiger partial charge < -0.3 is 14.5 Å². The van der Waals surface area contributed by atoms with Crippen molar-refractivity contribution < 1.29 is 13.2 Å². The molecule has 2 fully saturated rings. The van der Waals surface area contributed by atoms with Crippen LogP contribution in [0.2, 0.25) is 0 Å². The number of anilines is 2. The Bertz CT molecular complexity index is 1040. The van der Waals surface area contributed by atoms with E-state index in [4.69, 9.17) is 15.0 Å². The summed E-state index contributed by atoms with van der Waals surface area (Å²) in [6, 6.07) is 9.99. The molecular formula is C20H24N6O3S. The van der Waals surface area contributed by atoms with E-state index in [0.717, 1.165) is 24.6 Å². The van der Waals surface area contributed by atoms with Crippen LogP contribution in [0.5, 0.6) is 0 Å². The molecule has 2 aromatic rings. The van der Waals surface area contributed by atoms with Gasteiger partial charge in [-0.2, -0.15) is 14.6 Å². The van der Waals surface area contributed by atoms with Gasteiger partial charge in [0, 0.05) is 51.0 Å². The molecule has 2 aliphatic rings. The van der Waals surface area contributed by atoms with E-state index in [-0.39, 0.29) is 4.90 Å². The summed E-state index contributed by atoms with van der Waals surface area (Å²) in [6.07, 6.45) is 0.